The number of hydrogen-bond donors (Lipinski definition) is 0. The van der Waals surface area contributed by atoms with Crippen molar-refractivity contribution in [2.24, 2.45) is 11.8 Å². The van der Waals surface area contributed by atoms with Gasteiger partial charge in [0.1, 0.15) is 6.04 Å². The van der Waals surface area contributed by atoms with E-state index in [9.17, 15) is 14.4 Å². The summed E-state index contributed by atoms with van der Waals surface area (Å²) < 4.78 is 4.96. The first kappa shape index (κ1) is 26.2. The second-order valence-electron chi connectivity index (χ2n) is 8.64. The molecule has 0 bridgehead atoms. The maximum absolute atomic E-state index is 13.8. The van der Waals surface area contributed by atoms with Gasteiger partial charge >= 0.3 is 5.97 Å². The fraction of sp³-hybridized carbons (Fsp3) is 0.276. The third-order valence-corrected chi connectivity index (χ3v) is 6.97. The molecule has 182 valence electrons. The van der Waals surface area contributed by atoms with Crippen LogP contribution in [0.4, 0.5) is 5.69 Å². The summed E-state index contributed by atoms with van der Waals surface area (Å²) in [5.74, 6) is -0.890. The first-order chi connectivity index (χ1) is 16.8. The molecule has 5 nitrogen and oxygen atoms in total. The van der Waals surface area contributed by atoms with Gasteiger partial charge in [-0.3, -0.25) is 14.5 Å². The molecule has 0 aliphatic rings. The zero-order chi connectivity index (χ0) is 25.4. The topological polar surface area (TPSA) is 63.7 Å². The van der Waals surface area contributed by atoms with Gasteiger partial charge in [-0.1, -0.05) is 98.4 Å². The number of nitrogens with zero attached hydrogens (tertiary/aromatic N) is 1. The summed E-state index contributed by atoms with van der Waals surface area (Å²) in [6.07, 6.45) is 0. The Morgan fingerprint density at radius 3 is 1.89 bits per heavy atom. The maximum atomic E-state index is 13.8. The highest BCUT2D eigenvalue weighted by Gasteiger charge is 2.34. The van der Waals surface area contributed by atoms with Gasteiger partial charge in [0.15, 0.2) is 0 Å². The summed E-state index contributed by atoms with van der Waals surface area (Å²) in [6, 6.07) is 25.7. The van der Waals surface area contributed by atoms with Crippen LogP contribution in [-0.4, -0.2) is 35.9 Å². The van der Waals surface area contributed by atoms with Gasteiger partial charge in [-0.05, 0) is 36.1 Å². The van der Waals surface area contributed by atoms with Gasteiger partial charge in [0.05, 0.1) is 13.0 Å². The van der Waals surface area contributed by atoms with E-state index in [2.05, 4.69) is 0 Å². The Kier molecular flexibility index (Phi) is 9.26. The quantitative estimate of drug-likeness (QED) is 0.340. The number of amides is 1. The number of esters is 1. The minimum atomic E-state index is -0.814. The van der Waals surface area contributed by atoms with Gasteiger partial charge in [0, 0.05) is 17.0 Å². The minimum absolute atomic E-state index is 0.0329. The van der Waals surface area contributed by atoms with Crippen LogP contribution in [0.15, 0.2) is 84.9 Å². The van der Waals surface area contributed by atoms with Crippen molar-refractivity contribution in [1.82, 2.24) is 0 Å². The highest BCUT2D eigenvalue weighted by Crippen LogP contribution is 2.29. The second-order valence-corrected chi connectivity index (χ2v) is 9.63. The Bertz CT molecular complexity index is 1130. The van der Waals surface area contributed by atoms with Crippen molar-refractivity contribution >= 4 is 34.4 Å². The molecule has 0 fully saturated rings. The van der Waals surface area contributed by atoms with Crippen LogP contribution in [0.2, 0.25) is 0 Å². The van der Waals surface area contributed by atoms with Gasteiger partial charge in [0.2, 0.25) is 11.0 Å². The lowest BCUT2D eigenvalue weighted by Crippen LogP contribution is -2.48. The first-order valence-electron chi connectivity index (χ1n) is 11.6. The number of methoxy groups -OCH3 is 1. The van der Waals surface area contributed by atoms with Gasteiger partial charge in [-0.2, -0.15) is 0 Å². The van der Waals surface area contributed by atoms with E-state index in [1.807, 2.05) is 86.6 Å². The molecule has 0 aromatic heterocycles. The Morgan fingerprint density at radius 2 is 1.34 bits per heavy atom. The van der Waals surface area contributed by atoms with Gasteiger partial charge in [-0.15, -0.1) is 0 Å². The van der Waals surface area contributed by atoms with E-state index in [0.29, 0.717) is 17.0 Å². The zero-order valence-corrected chi connectivity index (χ0v) is 21.3. The molecule has 0 heterocycles. The van der Waals surface area contributed by atoms with Crippen molar-refractivity contribution in [2.75, 3.05) is 17.8 Å². The lowest BCUT2D eigenvalue weighted by molar-refractivity contribution is -0.143. The van der Waals surface area contributed by atoms with Gasteiger partial charge < -0.3 is 4.74 Å². The summed E-state index contributed by atoms with van der Waals surface area (Å²) >= 11 is 1.13. The van der Waals surface area contributed by atoms with Crippen LogP contribution >= 0.6 is 11.8 Å². The molecule has 0 radical (unpaired) electrons. The van der Waals surface area contributed by atoms with Crippen molar-refractivity contribution in [2.45, 2.75) is 26.8 Å². The van der Waals surface area contributed by atoms with Crippen LogP contribution in [0, 0.1) is 11.8 Å². The summed E-state index contributed by atoms with van der Waals surface area (Å²) in [6.45, 7) is 5.57. The lowest BCUT2D eigenvalue weighted by atomic mass is 9.95. The average molecular weight is 490 g/mol. The Labute approximate surface area is 211 Å². The first-order valence-corrected chi connectivity index (χ1v) is 12.6. The number of carbonyl (C=O) groups excluding carboxylic acids is 3. The largest absolute Gasteiger partial charge is 0.467 e. The summed E-state index contributed by atoms with van der Waals surface area (Å²) in [7, 11) is 1.31. The molecule has 6 heteroatoms. The molecule has 2 atom stereocenters. The van der Waals surface area contributed by atoms with E-state index < -0.39 is 17.9 Å². The van der Waals surface area contributed by atoms with Crippen LogP contribution in [0.5, 0.6) is 0 Å². The number of benzene rings is 3. The average Bonchev–Trinajstić information content (AvgIpc) is 2.89. The zero-order valence-electron chi connectivity index (χ0n) is 20.5. The third kappa shape index (κ3) is 6.61. The number of anilines is 1. The number of rotatable bonds is 9. The fourth-order valence-electron chi connectivity index (χ4n) is 3.81. The van der Waals surface area contributed by atoms with Crippen molar-refractivity contribution < 1.29 is 19.1 Å². The molecule has 0 saturated carbocycles. The number of carbonyl (C=O) groups is 3. The van der Waals surface area contributed by atoms with Crippen LogP contribution in [0.25, 0.3) is 11.1 Å². The monoisotopic (exact) mass is 489 g/mol. The van der Waals surface area contributed by atoms with E-state index in [4.69, 9.17) is 4.74 Å². The highest BCUT2D eigenvalue weighted by molar-refractivity contribution is 8.14. The van der Waals surface area contributed by atoms with E-state index in [0.717, 1.165) is 22.9 Å². The predicted molar refractivity (Wildman–Crippen MR) is 142 cm³/mol. The van der Waals surface area contributed by atoms with E-state index in [-0.39, 0.29) is 16.9 Å². The molecular weight excluding hydrogens is 458 g/mol. The molecular formula is C29H31NO4S. The van der Waals surface area contributed by atoms with Crippen LogP contribution < -0.4 is 4.90 Å². The molecule has 3 aromatic rings. The molecule has 35 heavy (non-hydrogen) atoms. The van der Waals surface area contributed by atoms with E-state index in [1.54, 1.807) is 19.1 Å². The number of hydrogen-bond acceptors (Lipinski definition) is 5. The van der Waals surface area contributed by atoms with E-state index in [1.165, 1.54) is 12.0 Å². The van der Waals surface area contributed by atoms with Crippen molar-refractivity contribution in [3.8, 4) is 11.1 Å². The Balaban J connectivity index is 1.87. The molecule has 1 unspecified atom stereocenters. The lowest BCUT2D eigenvalue weighted by Gasteiger charge is -2.32. The molecule has 1 amide bonds. The second kappa shape index (κ2) is 12.4. The molecule has 3 aromatic carbocycles. The highest BCUT2D eigenvalue weighted by atomic mass is 32.2. The summed E-state index contributed by atoms with van der Waals surface area (Å²) in [5, 5.41) is -0.0798. The molecule has 0 aliphatic carbocycles. The van der Waals surface area contributed by atoms with Crippen molar-refractivity contribution in [1.29, 1.82) is 0 Å². The molecule has 0 aliphatic heterocycles. The standard InChI is InChI=1S/C29H31NO4S/c1-20(2)26(19-35-29(33)24-13-9-6-10-14-24)27(31)30(21(3)28(32)34-4)25-17-15-23(16-18-25)22-11-7-5-8-12-22/h5-18,20-21,26H,19H2,1-4H3/t21-,26?/m0/s1. The summed E-state index contributed by atoms with van der Waals surface area (Å²) in [4.78, 5) is 40.5. The van der Waals surface area contributed by atoms with Gasteiger partial charge in [0.25, 0.3) is 0 Å². The SMILES string of the molecule is COC(=O)[C@H](C)N(C(=O)C(CSC(=O)c1ccccc1)C(C)C)c1ccc(-c2ccccc2)cc1. The predicted octanol–water partition coefficient (Wildman–Crippen LogP) is 6.09. The van der Waals surface area contributed by atoms with Crippen LogP contribution in [0.3, 0.4) is 0 Å². The Morgan fingerprint density at radius 1 is 0.800 bits per heavy atom. The molecule has 0 spiro atoms. The van der Waals surface area contributed by atoms with E-state index >= 15 is 0 Å². The normalized spacial score (nSPS) is 12.6. The third-order valence-electron chi connectivity index (χ3n) is 5.95. The van der Waals surface area contributed by atoms with Crippen molar-refractivity contribution in [3.63, 3.8) is 0 Å². The number of ether oxygens (including phenoxy) is 1. The van der Waals surface area contributed by atoms with Crippen LogP contribution in [-0.2, 0) is 14.3 Å². The van der Waals surface area contributed by atoms with Gasteiger partial charge in [-0.25, -0.2) is 4.79 Å². The van der Waals surface area contributed by atoms with Crippen LogP contribution in [0.1, 0.15) is 31.1 Å². The molecule has 3 rings (SSSR count). The molecule has 0 N–H and O–H groups in total. The molecule has 0 saturated heterocycles. The minimum Gasteiger partial charge on any atom is -0.467 e. The van der Waals surface area contributed by atoms with Crippen molar-refractivity contribution in [3.05, 3.63) is 90.5 Å². The maximum Gasteiger partial charge on any atom is 0.328 e. The summed E-state index contributed by atoms with van der Waals surface area (Å²) in [5.41, 5.74) is 3.28. The number of thioether (sulfide) groups is 1. The smallest absolute Gasteiger partial charge is 0.328 e. The Hall–Kier alpha value is -3.38. The fourth-order valence-corrected chi connectivity index (χ4v) is 4.97.